The first-order valence-corrected chi connectivity index (χ1v) is 7.66. The van der Waals surface area contributed by atoms with E-state index in [1.54, 1.807) is 0 Å². The third-order valence-electron chi connectivity index (χ3n) is 3.20. The Balaban J connectivity index is 2.12. The highest BCUT2D eigenvalue weighted by Crippen LogP contribution is 2.29. The number of para-hydroxylation sites is 1. The standard InChI is InChI=1S/C18H22ClNO/c1-13(2)11-20-12-15-6-4-5-7-18(15)21-17-9-8-16(19)10-14(17)3/h4-10,13,20H,11-12H2,1-3H3. The fourth-order valence-electron chi connectivity index (χ4n) is 2.09. The molecule has 0 unspecified atom stereocenters. The van der Waals surface area contributed by atoms with Gasteiger partial charge in [0.25, 0.3) is 0 Å². The van der Waals surface area contributed by atoms with E-state index >= 15 is 0 Å². The molecule has 21 heavy (non-hydrogen) atoms. The molecule has 0 aliphatic carbocycles. The maximum atomic E-state index is 6.05. The molecule has 0 radical (unpaired) electrons. The summed E-state index contributed by atoms with van der Waals surface area (Å²) in [5.74, 6) is 2.37. The Bertz CT molecular complexity index is 596. The van der Waals surface area contributed by atoms with Crippen molar-refractivity contribution in [3.8, 4) is 11.5 Å². The Labute approximate surface area is 132 Å². The molecule has 0 spiro atoms. The Morgan fingerprint density at radius 1 is 1.10 bits per heavy atom. The molecule has 0 atom stereocenters. The minimum absolute atomic E-state index is 0.636. The summed E-state index contributed by atoms with van der Waals surface area (Å²) in [6.45, 7) is 8.20. The Morgan fingerprint density at radius 3 is 2.57 bits per heavy atom. The van der Waals surface area contributed by atoms with Crippen molar-refractivity contribution in [1.82, 2.24) is 5.32 Å². The van der Waals surface area contributed by atoms with E-state index in [2.05, 4.69) is 25.2 Å². The minimum atomic E-state index is 0.636. The Morgan fingerprint density at radius 2 is 1.86 bits per heavy atom. The SMILES string of the molecule is Cc1cc(Cl)ccc1Oc1ccccc1CNCC(C)C. The second-order valence-corrected chi connectivity index (χ2v) is 6.08. The van der Waals surface area contributed by atoms with E-state index in [4.69, 9.17) is 16.3 Å². The number of ether oxygens (including phenoxy) is 1. The first kappa shape index (κ1) is 15.9. The quantitative estimate of drug-likeness (QED) is 0.793. The van der Waals surface area contributed by atoms with Crippen molar-refractivity contribution in [2.45, 2.75) is 27.3 Å². The van der Waals surface area contributed by atoms with Crippen molar-refractivity contribution in [3.63, 3.8) is 0 Å². The molecule has 0 amide bonds. The van der Waals surface area contributed by atoms with Crippen LogP contribution in [-0.4, -0.2) is 6.54 Å². The van der Waals surface area contributed by atoms with Gasteiger partial charge in [-0.05, 0) is 49.2 Å². The number of rotatable bonds is 6. The third kappa shape index (κ3) is 4.76. The van der Waals surface area contributed by atoms with E-state index < -0.39 is 0 Å². The zero-order chi connectivity index (χ0) is 15.2. The normalized spacial score (nSPS) is 10.9. The van der Waals surface area contributed by atoms with E-state index in [0.717, 1.165) is 40.7 Å². The van der Waals surface area contributed by atoms with Crippen molar-refractivity contribution in [2.75, 3.05) is 6.54 Å². The lowest BCUT2D eigenvalue weighted by molar-refractivity contribution is 0.466. The summed E-state index contributed by atoms with van der Waals surface area (Å²) >= 11 is 5.98. The molecule has 2 rings (SSSR count). The van der Waals surface area contributed by atoms with Gasteiger partial charge in [0.2, 0.25) is 0 Å². The fraction of sp³-hybridized carbons (Fsp3) is 0.333. The zero-order valence-electron chi connectivity index (χ0n) is 12.8. The van der Waals surface area contributed by atoms with Crippen LogP contribution in [0.1, 0.15) is 25.0 Å². The van der Waals surface area contributed by atoms with Gasteiger partial charge in [0.15, 0.2) is 0 Å². The summed E-state index contributed by atoms with van der Waals surface area (Å²) in [7, 11) is 0. The molecule has 3 heteroatoms. The molecular formula is C18H22ClNO. The summed E-state index contributed by atoms with van der Waals surface area (Å²) < 4.78 is 6.05. The van der Waals surface area contributed by atoms with Gasteiger partial charge in [-0.3, -0.25) is 0 Å². The van der Waals surface area contributed by atoms with Gasteiger partial charge in [0.05, 0.1) is 0 Å². The molecule has 0 heterocycles. The molecule has 0 saturated carbocycles. The van der Waals surface area contributed by atoms with Gasteiger partial charge >= 0.3 is 0 Å². The molecule has 112 valence electrons. The topological polar surface area (TPSA) is 21.3 Å². The molecule has 0 aliphatic heterocycles. The van der Waals surface area contributed by atoms with E-state index in [0.29, 0.717) is 5.92 Å². The highest BCUT2D eigenvalue weighted by Gasteiger charge is 2.07. The maximum Gasteiger partial charge on any atom is 0.131 e. The molecule has 0 aromatic heterocycles. The molecule has 0 bridgehead atoms. The van der Waals surface area contributed by atoms with E-state index in [9.17, 15) is 0 Å². The van der Waals surface area contributed by atoms with Gasteiger partial charge in [-0.2, -0.15) is 0 Å². The Kier molecular flexibility index (Phi) is 5.66. The van der Waals surface area contributed by atoms with Crippen LogP contribution in [-0.2, 0) is 6.54 Å². The second kappa shape index (κ2) is 7.48. The average molecular weight is 304 g/mol. The van der Waals surface area contributed by atoms with Crippen LogP contribution in [0.25, 0.3) is 0 Å². The van der Waals surface area contributed by atoms with E-state index in [1.807, 2.05) is 43.3 Å². The van der Waals surface area contributed by atoms with Crippen LogP contribution in [0.4, 0.5) is 0 Å². The molecule has 1 N–H and O–H groups in total. The van der Waals surface area contributed by atoms with Gasteiger partial charge in [0, 0.05) is 17.1 Å². The van der Waals surface area contributed by atoms with Gasteiger partial charge in [0.1, 0.15) is 11.5 Å². The number of hydrogen-bond donors (Lipinski definition) is 1. The lowest BCUT2D eigenvalue weighted by atomic mass is 10.1. The highest BCUT2D eigenvalue weighted by molar-refractivity contribution is 6.30. The van der Waals surface area contributed by atoms with Crippen molar-refractivity contribution in [2.24, 2.45) is 5.92 Å². The van der Waals surface area contributed by atoms with E-state index in [-0.39, 0.29) is 0 Å². The molecular weight excluding hydrogens is 282 g/mol. The summed E-state index contributed by atoms with van der Waals surface area (Å²) in [5.41, 5.74) is 2.19. The molecule has 0 aliphatic rings. The number of nitrogens with one attached hydrogen (secondary N) is 1. The van der Waals surface area contributed by atoms with Crippen molar-refractivity contribution in [3.05, 3.63) is 58.6 Å². The van der Waals surface area contributed by atoms with Crippen molar-refractivity contribution >= 4 is 11.6 Å². The van der Waals surface area contributed by atoms with Gasteiger partial charge in [-0.1, -0.05) is 43.6 Å². The van der Waals surface area contributed by atoms with Gasteiger partial charge < -0.3 is 10.1 Å². The summed E-state index contributed by atoms with van der Waals surface area (Å²) in [6.07, 6.45) is 0. The van der Waals surface area contributed by atoms with Crippen LogP contribution in [0.2, 0.25) is 5.02 Å². The summed E-state index contributed by atoms with van der Waals surface area (Å²) in [4.78, 5) is 0. The first-order chi connectivity index (χ1) is 10.1. The molecule has 0 fully saturated rings. The lowest BCUT2D eigenvalue weighted by Crippen LogP contribution is -2.19. The predicted molar refractivity (Wildman–Crippen MR) is 89.2 cm³/mol. The number of aryl methyl sites for hydroxylation is 1. The fourth-order valence-corrected chi connectivity index (χ4v) is 2.32. The molecule has 2 aromatic carbocycles. The predicted octanol–water partition coefficient (Wildman–Crippen LogP) is 5.19. The van der Waals surface area contributed by atoms with Crippen LogP contribution in [0.15, 0.2) is 42.5 Å². The number of benzene rings is 2. The molecule has 0 saturated heterocycles. The Hall–Kier alpha value is -1.51. The van der Waals surface area contributed by atoms with Crippen LogP contribution >= 0.6 is 11.6 Å². The number of halogens is 1. The molecule has 2 nitrogen and oxygen atoms in total. The second-order valence-electron chi connectivity index (χ2n) is 5.64. The van der Waals surface area contributed by atoms with Crippen molar-refractivity contribution < 1.29 is 4.74 Å². The van der Waals surface area contributed by atoms with Crippen LogP contribution in [0.3, 0.4) is 0 Å². The van der Waals surface area contributed by atoms with Gasteiger partial charge in [-0.25, -0.2) is 0 Å². The monoisotopic (exact) mass is 303 g/mol. The van der Waals surface area contributed by atoms with Gasteiger partial charge in [-0.15, -0.1) is 0 Å². The largest absolute Gasteiger partial charge is 0.457 e. The average Bonchev–Trinajstić information content (AvgIpc) is 2.43. The van der Waals surface area contributed by atoms with Crippen LogP contribution in [0.5, 0.6) is 11.5 Å². The highest BCUT2D eigenvalue weighted by atomic mass is 35.5. The maximum absolute atomic E-state index is 6.05. The zero-order valence-corrected chi connectivity index (χ0v) is 13.6. The van der Waals surface area contributed by atoms with Crippen LogP contribution in [0, 0.1) is 12.8 Å². The number of hydrogen-bond acceptors (Lipinski definition) is 2. The lowest BCUT2D eigenvalue weighted by Gasteiger charge is -2.14. The first-order valence-electron chi connectivity index (χ1n) is 7.29. The summed E-state index contributed by atoms with van der Waals surface area (Å²) in [6, 6.07) is 13.8. The minimum Gasteiger partial charge on any atom is -0.457 e. The third-order valence-corrected chi connectivity index (χ3v) is 3.43. The van der Waals surface area contributed by atoms with Crippen molar-refractivity contribution in [1.29, 1.82) is 0 Å². The van der Waals surface area contributed by atoms with Crippen LogP contribution < -0.4 is 10.1 Å². The smallest absolute Gasteiger partial charge is 0.131 e. The van der Waals surface area contributed by atoms with E-state index in [1.165, 1.54) is 0 Å². The molecule has 2 aromatic rings. The summed E-state index contributed by atoms with van der Waals surface area (Å²) in [5, 5.41) is 4.18.